The SMILES string of the molecule is Cc1cc(CNC(=O)c2cc(C(=O)NCc3ccc(C(=O)O)cc3)n3nccc3n2)ccc1F. The molecule has 3 N–H and O–H groups in total. The normalized spacial score (nSPS) is 10.8. The van der Waals surface area contributed by atoms with Gasteiger partial charge in [0.25, 0.3) is 11.8 Å². The molecule has 0 radical (unpaired) electrons. The number of carboxylic acids is 1. The number of benzene rings is 2. The lowest BCUT2D eigenvalue weighted by Crippen LogP contribution is -2.28. The zero-order valence-corrected chi connectivity index (χ0v) is 18.1. The molecule has 172 valence electrons. The zero-order valence-electron chi connectivity index (χ0n) is 18.1. The molecule has 0 saturated heterocycles. The van der Waals surface area contributed by atoms with Crippen molar-refractivity contribution >= 4 is 23.4 Å². The molecule has 2 aromatic heterocycles. The molecule has 2 aromatic carbocycles. The molecule has 0 aliphatic heterocycles. The second-order valence-electron chi connectivity index (χ2n) is 7.58. The fraction of sp³-hybridized carbons (Fsp3) is 0.125. The Morgan fingerprint density at radius 1 is 0.941 bits per heavy atom. The van der Waals surface area contributed by atoms with Gasteiger partial charge >= 0.3 is 5.97 Å². The van der Waals surface area contributed by atoms with Crippen LogP contribution in [0, 0.1) is 12.7 Å². The van der Waals surface area contributed by atoms with Crippen molar-refractivity contribution in [2.24, 2.45) is 0 Å². The summed E-state index contributed by atoms with van der Waals surface area (Å²) in [7, 11) is 0. The Balaban J connectivity index is 1.49. The molecule has 0 aliphatic rings. The average molecular weight is 461 g/mol. The first-order valence-electron chi connectivity index (χ1n) is 10.3. The molecule has 0 saturated carbocycles. The van der Waals surface area contributed by atoms with E-state index in [-0.39, 0.29) is 35.9 Å². The number of hydrogen-bond acceptors (Lipinski definition) is 5. The highest BCUT2D eigenvalue weighted by Gasteiger charge is 2.17. The van der Waals surface area contributed by atoms with Crippen LogP contribution in [-0.4, -0.2) is 37.5 Å². The lowest BCUT2D eigenvalue weighted by atomic mass is 10.1. The van der Waals surface area contributed by atoms with Gasteiger partial charge in [0.1, 0.15) is 17.2 Å². The molecule has 0 fully saturated rings. The number of aromatic nitrogens is 3. The Morgan fingerprint density at radius 3 is 2.32 bits per heavy atom. The van der Waals surface area contributed by atoms with Crippen LogP contribution >= 0.6 is 0 Å². The van der Waals surface area contributed by atoms with E-state index >= 15 is 0 Å². The maximum atomic E-state index is 13.5. The summed E-state index contributed by atoms with van der Waals surface area (Å²) in [6.07, 6.45) is 1.46. The van der Waals surface area contributed by atoms with Crippen molar-refractivity contribution in [3.05, 3.63) is 100 Å². The molecule has 0 atom stereocenters. The Labute approximate surface area is 193 Å². The lowest BCUT2D eigenvalue weighted by molar-refractivity contribution is 0.0696. The minimum atomic E-state index is -1.03. The minimum Gasteiger partial charge on any atom is -0.478 e. The maximum Gasteiger partial charge on any atom is 0.335 e. The standard InChI is InChI=1S/C24H20FN5O4/c1-14-10-16(4-7-18(14)25)13-26-22(31)19-11-20(30-21(29-19)8-9-28-30)23(32)27-12-15-2-5-17(6-3-15)24(33)34/h2-11H,12-13H2,1H3,(H,26,31)(H,27,32)(H,33,34). The van der Waals surface area contributed by atoms with Crippen molar-refractivity contribution in [3.8, 4) is 0 Å². The molecule has 10 heteroatoms. The van der Waals surface area contributed by atoms with Gasteiger partial charge in [0.2, 0.25) is 0 Å². The summed E-state index contributed by atoms with van der Waals surface area (Å²) in [5.74, 6) is -2.34. The first-order valence-corrected chi connectivity index (χ1v) is 10.3. The van der Waals surface area contributed by atoms with E-state index < -0.39 is 17.8 Å². The number of nitrogens with one attached hydrogen (secondary N) is 2. The molecule has 9 nitrogen and oxygen atoms in total. The van der Waals surface area contributed by atoms with Gasteiger partial charge < -0.3 is 15.7 Å². The third-order valence-electron chi connectivity index (χ3n) is 5.15. The van der Waals surface area contributed by atoms with Gasteiger partial charge in [0.15, 0.2) is 5.65 Å². The summed E-state index contributed by atoms with van der Waals surface area (Å²) in [6.45, 7) is 1.95. The second-order valence-corrected chi connectivity index (χ2v) is 7.58. The molecule has 34 heavy (non-hydrogen) atoms. The lowest BCUT2D eigenvalue weighted by Gasteiger charge is -2.10. The number of aryl methyl sites for hydroxylation is 1. The van der Waals surface area contributed by atoms with E-state index in [4.69, 9.17) is 5.11 Å². The molecule has 2 amide bonds. The molecular weight excluding hydrogens is 441 g/mol. The fourth-order valence-electron chi connectivity index (χ4n) is 3.32. The predicted molar refractivity (Wildman–Crippen MR) is 120 cm³/mol. The molecule has 2 heterocycles. The molecule has 4 aromatic rings. The third kappa shape index (κ3) is 4.90. The zero-order chi connectivity index (χ0) is 24.2. The number of halogens is 1. The second kappa shape index (κ2) is 9.49. The van der Waals surface area contributed by atoms with Crippen LogP contribution in [-0.2, 0) is 13.1 Å². The van der Waals surface area contributed by atoms with Gasteiger partial charge in [-0.2, -0.15) is 5.10 Å². The molecule has 0 spiro atoms. The van der Waals surface area contributed by atoms with Crippen LogP contribution in [0.25, 0.3) is 5.65 Å². The van der Waals surface area contributed by atoms with E-state index in [1.165, 1.54) is 35.0 Å². The van der Waals surface area contributed by atoms with Crippen molar-refractivity contribution in [2.45, 2.75) is 20.0 Å². The Hall–Kier alpha value is -4.60. The summed E-state index contributed by atoms with van der Waals surface area (Å²) in [5.41, 5.74) is 2.52. The van der Waals surface area contributed by atoms with E-state index in [2.05, 4.69) is 20.7 Å². The first-order chi connectivity index (χ1) is 16.3. The number of carbonyl (C=O) groups excluding carboxylic acids is 2. The minimum absolute atomic E-state index is 0.0304. The van der Waals surface area contributed by atoms with Gasteiger partial charge in [0, 0.05) is 25.2 Å². The fourth-order valence-corrected chi connectivity index (χ4v) is 3.32. The van der Waals surface area contributed by atoms with E-state index in [1.54, 1.807) is 37.3 Å². The topological polar surface area (TPSA) is 126 Å². The number of carboxylic acid groups (broad SMARTS) is 1. The van der Waals surface area contributed by atoms with E-state index in [0.717, 1.165) is 5.56 Å². The molecule has 0 bridgehead atoms. The Bertz CT molecular complexity index is 1400. The van der Waals surface area contributed by atoms with Gasteiger partial charge in [-0.05, 0) is 41.8 Å². The van der Waals surface area contributed by atoms with Crippen LogP contribution in [0.15, 0.2) is 60.8 Å². The first kappa shape index (κ1) is 22.6. The Morgan fingerprint density at radius 2 is 1.62 bits per heavy atom. The highest BCUT2D eigenvalue weighted by molar-refractivity contribution is 5.98. The highest BCUT2D eigenvalue weighted by atomic mass is 19.1. The third-order valence-corrected chi connectivity index (χ3v) is 5.15. The summed E-state index contributed by atoms with van der Waals surface area (Å²) < 4.78 is 14.8. The summed E-state index contributed by atoms with van der Waals surface area (Å²) in [4.78, 5) is 40.8. The number of carbonyl (C=O) groups is 3. The highest BCUT2D eigenvalue weighted by Crippen LogP contribution is 2.11. The van der Waals surface area contributed by atoms with Crippen molar-refractivity contribution in [2.75, 3.05) is 0 Å². The number of fused-ring (bicyclic) bond motifs is 1. The van der Waals surface area contributed by atoms with Crippen LogP contribution in [0.4, 0.5) is 4.39 Å². The molecule has 0 aliphatic carbocycles. The van der Waals surface area contributed by atoms with Crippen LogP contribution in [0.5, 0.6) is 0 Å². The molecular formula is C24H20FN5O4. The van der Waals surface area contributed by atoms with Crippen LogP contribution < -0.4 is 10.6 Å². The van der Waals surface area contributed by atoms with Gasteiger partial charge in [-0.1, -0.05) is 24.3 Å². The summed E-state index contributed by atoms with van der Waals surface area (Å²) >= 11 is 0. The van der Waals surface area contributed by atoms with Crippen molar-refractivity contribution in [3.63, 3.8) is 0 Å². The number of aromatic carboxylic acids is 1. The van der Waals surface area contributed by atoms with E-state index in [1.807, 2.05) is 0 Å². The van der Waals surface area contributed by atoms with Crippen molar-refractivity contribution in [1.82, 2.24) is 25.2 Å². The quantitative estimate of drug-likeness (QED) is 0.389. The smallest absolute Gasteiger partial charge is 0.335 e. The predicted octanol–water partition coefficient (Wildman–Crippen LogP) is 2.74. The van der Waals surface area contributed by atoms with Gasteiger partial charge in [0.05, 0.1) is 11.8 Å². The summed E-state index contributed by atoms with van der Waals surface area (Å²) in [5, 5.41) is 18.5. The van der Waals surface area contributed by atoms with E-state index in [9.17, 15) is 18.8 Å². The van der Waals surface area contributed by atoms with Gasteiger partial charge in [-0.15, -0.1) is 0 Å². The van der Waals surface area contributed by atoms with Gasteiger partial charge in [-0.3, -0.25) is 9.59 Å². The van der Waals surface area contributed by atoms with E-state index in [0.29, 0.717) is 16.8 Å². The van der Waals surface area contributed by atoms with Crippen LogP contribution in [0.1, 0.15) is 48.0 Å². The average Bonchev–Trinajstić information content (AvgIpc) is 3.31. The number of amides is 2. The van der Waals surface area contributed by atoms with Crippen LogP contribution in [0.2, 0.25) is 0 Å². The number of hydrogen-bond donors (Lipinski definition) is 3. The monoisotopic (exact) mass is 461 g/mol. The molecule has 4 rings (SSSR count). The summed E-state index contributed by atoms with van der Waals surface area (Å²) in [6, 6.07) is 13.6. The van der Waals surface area contributed by atoms with Gasteiger partial charge in [-0.25, -0.2) is 18.7 Å². The Kier molecular flexibility index (Phi) is 6.30. The number of rotatable bonds is 7. The van der Waals surface area contributed by atoms with Crippen molar-refractivity contribution in [1.29, 1.82) is 0 Å². The maximum absolute atomic E-state index is 13.5. The number of nitrogens with zero attached hydrogens (tertiary/aromatic N) is 3. The van der Waals surface area contributed by atoms with Crippen molar-refractivity contribution < 1.29 is 23.9 Å². The van der Waals surface area contributed by atoms with Crippen LogP contribution in [0.3, 0.4) is 0 Å². The largest absolute Gasteiger partial charge is 0.478 e. The molecule has 0 unspecified atom stereocenters.